The number of hydrogen-bond donors (Lipinski definition) is 1. The average molecular weight is 420 g/mol. The summed E-state index contributed by atoms with van der Waals surface area (Å²) in [5.41, 5.74) is 0.970. The molecule has 3 aromatic heterocycles. The van der Waals surface area contributed by atoms with Crippen molar-refractivity contribution in [2.45, 2.75) is 6.92 Å². The molecule has 4 aromatic rings. The first-order valence-electron chi connectivity index (χ1n) is 7.79. The Morgan fingerprint density at radius 1 is 1.30 bits per heavy atom. The molecule has 138 valence electrons. The topological polar surface area (TPSA) is 90.4 Å². The maximum Gasteiger partial charge on any atom is 0.349 e. The lowest BCUT2D eigenvalue weighted by molar-refractivity contribution is -0.118. The van der Waals surface area contributed by atoms with E-state index in [1.165, 1.54) is 13.3 Å². The van der Waals surface area contributed by atoms with Crippen molar-refractivity contribution in [3.63, 3.8) is 0 Å². The highest BCUT2D eigenvalue weighted by atomic mass is 32.1. The Kier molecular flexibility index (Phi) is 4.77. The summed E-state index contributed by atoms with van der Waals surface area (Å²) in [5, 5.41) is 6.85. The number of esters is 1. The van der Waals surface area contributed by atoms with E-state index in [0.717, 1.165) is 36.6 Å². The lowest BCUT2D eigenvalue weighted by Gasteiger charge is -2.07. The molecule has 0 aliphatic rings. The van der Waals surface area contributed by atoms with Crippen LogP contribution in [-0.4, -0.2) is 35.6 Å². The molecule has 0 saturated heterocycles. The van der Waals surface area contributed by atoms with E-state index in [-0.39, 0.29) is 12.5 Å². The van der Waals surface area contributed by atoms with Gasteiger partial charge in [-0.2, -0.15) is 0 Å². The second-order valence-corrected chi connectivity index (χ2v) is 8.66. The number of aryl methyl sites for hydroxylation is 1. The number of hydrogen-bond acceptors (Lipinski definition) is 9. The van der Waals surface area contributed by atoms with Gasteiger partial charge in [0, 0.05) is 11.5 Å². The van der Waals surface area contributed by atoms with Crippen LogP contribution in [0.25, 0.3) is 20.3 Å². The minimum Gasteiger partial charge on any atom is -0.483 e. The molecule has 0 aliphatic carbocycles. The zero-order chi connectivity index (χ0) is 19.0. The number of anilines is 1. The lowest BCUT2D eigenvalue weighted by atomic mass is 10.2. The van der Waals surface area contributed by atoms with Crippen molar-refractivity contribution in [2.24, 2.45) is 0 Å². The Hall–Kier alpha value is -2.56. The number of nitrogens with one attached hydrogen (secondary N) is 1. The van der Waals surface area contributed by atoms with Gasteiger partial charge in [0.2, 0.25) is 0 Å². The maximum atomic E-state index is 12.2. The Bertz CT molecular complexity index is 1160. The van der Waals surface area contributed by atoms with Crippen molar-refractivity contribution in [2.75, 3.05) is 19.0 Å². The predicted molar refractivity (Wildman–Crippen MR) is 107 cm³/mol. The van der Waals surface area contributed by atoms with Crippen molar-refractivity contribution in [1.29, 1.82) is 0 Å². The number of rotatable bonds is 5. The van der Waals surface area contributed by atoms with Gasteiger partial charge in [-0.15, -0.1) is 22.7 Å². The fourth-order valence-corrected chi connectivity index (χ4v) is 5.12. The van der Waals surface area contributed by atoms with E-state index < -0.39 is 5.97 Å². The third-order valence-electron chi connectivity index (χ3n) is 3.67. The van der Waals surface area contributed by atoms with E-state index in [1.54, 1.807) is 22.7 Å². The molecule has 1 N–H and O–H groups in total. The lowest BCUT2D eigenvalue weighted by Crippen LogP contribution is -2.20. The van der Waals surface area contributed by atoms with Crippen molar-refractivity contribution in [3.8, 4) is 5.75 Å². The standard InChI is InChI=1S/C17H13N3O4S3/c1-8-19-14-11(26-8)5-10(9-3-4-25-15(9)14)24-7-13(21)20-17-18-6-12(27-17)16(22)23-2/h3-6H,7H2,1-2H3,(H,18,20,21). The molecule has 4 rings (SSSR count). The van der Waals surface area contributed by atoms with Crippen molar-refractivity contribution >= 4 is 71.3 Å². The van der Waals surface area contributed by atoms with Crippen molar-refractivity contribution in [1.82, 2.24) is 9.97 Å². The van der Waals surface area contributed by atoms with Gasteiger partial charge in [0.25, 0.3) is 5.91 Å². The van der Waals surface area contributed by atoms with Crippen LogP contribution in [0.3, 0.4) is 0 Å². The van der Waals surface area contributed by atoms with E-state index in [2.05, 4.69) is 20.0 Å². The predicted octanol–water partition coefficient (Wildman–Crippen LogP) is 4.08. The van der Waals surface area contributed by atoms with E-state index in [4.69, 9.17) is 4.74 Å². The number of nitrogens with zero attached hydrogens (tertiary/aromatic N) is 2. The van der Waals surface area contributed by atoms with Gasteiger partial charge >= 0.3 is 5.97 Å². The van der Waals surface area contributed by atoms with Gasteiger partial charge in [0.05, 0.1) is 33.2 Å². The molecule has 27 heavy (non-hydrogen) atoms. The molecule has 0 bridgehead atoms. The third kappa shape index (κ3) is 3.51. The van der Waals surface area contributed by atoms with Crippen LogP contribution in [0.2, 0.25) is 0 Å². The normalized spacial score (nSPS) is 11.0. The number of thiazole rings is 2. The Balaban J connectivity index is 1.49. The number of amides is 1. The number of carbonyl (C=O) groups is 2. The third-order valence-corrected chi connectivity index (χ3v) is 6.40. The average Bonchev–Trinajstić information content (AvgIpc) is 3.37. The highest BCUT2D eigenvalue weighted by molar-refractivity contribution is 7.21. The molecule has 0 saturated carbocycles. The molecule has 1 aromatic carbocycles. The first-order valence-corrected chi connectivity index (χ1v) is 10.3. The Labute approximate surface area is 165 Å². The van der Waals surface area contributed by atoms with Crippen LogP contribution >= 0.6 is 34.0 Å². The fraction of sp³-hybridized carbons (Fsp3) is 0.176. The molecule has 0 spiro atoms. The van der Waals surface area contributed by atoms with Crippen LogP contribution in [0.15, 0.2) is 23.7 Å². The van der Waals surface area contributed by atoms with Crippen LogP contribution < -0.4 is 10.1 Å². The van der Waals surface area contributed by atoms with Crippen molar-refractivity contribution in [3.05, 3.63) is 33.6 Å². The van der Waals surface area contributed by atoms with E-state index in [9.17, 15) is 9.59 Å². The molecule has 7 nitrogen and oxygen atoms in total. The zero-order valence-electron chi connectivity index (χ0n) is 14.3. The summed E-state index contributed by atoms with van der Waals surface area (Å²) in [6.45, 7) is 1.80. The van der Waals surface area contributed by atoms with Crippen LogP contribution in [0.4, 0.5) is 5.13 Å². The van der Waals surface area contributed by atoms with Gasteiger partial charge in [-0.3, -0.25) is 10.1 Å². The highest BCUT2D eigenvalue weighted by Gasteiger charge is 2.15. The second-order valence-electron chi connectivity index (χ2n) is 5.48. The largest absolute Gasteiger partial charge is 0.483 e. The van der Waals surface area contributed by atoms with Gasteiger partial charge in [0.1, 0.15) is 10.6 Å². The maximum absolute atomic E-state index is 12.2. The Morgan fingerprint density at radius 3 is 2.96 bits per heavy atom. The smallest absolute Gasteiger partial charge is 0.349 e. The Morgan fingerprint density at radius 2 is 2.15 bits per heavy atom. The molecule has 0 fully saturated rings. The quantitative estimate of drug-likeness (QED) is 0.490. The summed E-state index contributed by atoms with van der Waals surface area (Å²) in [6, 6.07) is 3.88. The van der Waals surface area contributed by atoms with E-state index in [1.807, 2.05) is 24.4 Å². The van der Waals surface area contributed by atoms with E-state index >= 15 is 0 Å². The molecule has 1 amide bonds. The molecule has 3 heterocycles. The molecule has 10 heteroatoms. The molecule has 0 atom stereocenters. The second kappa shape index (κ2) is 7.22. The van der Waals surface area contributed by atoms with Crippen molar-refractivity contribution < 1.29 is 19.1 Å². The summed E-state index contributed by atoms with van der Waals surface area (Å²) >= 11 is 4.24. The number of methoxy groups -OCH3 is 1. The molecule has 0 radical (unpaired) electrons. The summed E-state index contributed by atoms with van der Waals surface area (Å²) in [6.07, 6.45) is 1.36. The molecular weight excluding hydrogens is 406 g/mol. The SMILES string of the molecule is COC(=O)c1cnc(NC(=O)COc2cc3sc(C)nc3c3sccc23)s1. The number of benzene rings is 1. The van der Waals surface area contributed by atoms with Crippen LogP contribution in [-0.2, 0) is 9.53 Å². The number of ether oxygens (including phenoxy) is 2. The summed E-state index contributed by atoms with van der Waals surface area (Å²) in [4.78, 5) is 32.5. The summed E-state index contributed by atoms with van der Waals surface area (Å²) in [7, 11) is 1.29. The monoisotopic (exact) mass is 419 g/mol. The highest BCUT2D eigenvalue weighted by Crippen LogP contribution is 2.38. The van der Waals surface area contributed by atoms with Gasteiger partial charge in [0.15, 0.2) is 11.7 Å². The minimum absolute atomic E-state index is 0.165. The summed E-state index contributed by atoms with van der Waals surface area (Å²) in [5.74, 6) is -0.200. The van der Waals surface area contributed by atoms with Crippen LogP contribution in [0.1, 0.15) is 14.7 Å². The first-order chi connectivity index (χ1) is 13.0. The summed E-state index contributed by atoms with van der Waals surface area (Å²) < 4.78 is 12.5. The number of aromatic nitrogens is 2. The fourth-order valence-electron chi connectivity index (χ4n) is 2.53. The van der Waals surface area contributed by atoms with Crippen LogP contribution in [0, 0.1) is 6.92 Å². The molecular formula is C17H13N3O4S3. The van der Waals surface area contributed by atoms with Gasteiger partial charge in [-0.25, -0.2) is 14.8 Å². The van der Waals surface area contributed by atoms with E-state index in [0.29, 0.717) is 15.8 Å². The molecule has 0 aliphatic heterocycles. The zero-order valence-corrected chi connectivity index (χ0v) is 16.7. The molecule has 0 unspecified atom stereocenters. The number of thiophene rings is 1. The van der Waals surface area contributed by atoms with Crippen LogP contribution in [0.5, 0.6) is 5.75 Å². The van der Waals surface area contributed by atoms with Gasteiger partial charge in [-0.05, 0) is 18.4 Å². The first kappa shape index (κ1) is 17.8. The number of carbonyl (C=O) groups excluding carboxylic acids is 2. The van der Waals surface area contributed by atoms with Gasteiger partial charge < -0.3 is 9.47 Å². The minimum atomic E-state index is -0.489. The van der Waals surface area contributed by atoms with Gasteiger partial charge in [-0.1, -0.05) is 11.3 Å². The number of fused-ring (bicyclic) bond motifs is 3.